The number of anilines is 1. The van der Waals surface area contributed by atoms with Crippen LogP contribution in [0.2, 0.25) is 5.02 Å². The number of amides is 2. The maximum absolute atomic E-state index is 13.4. The van der Waals surface area contributed by atoms with Crippen LogP contribution in [0.3, 0.4) is 0 Å². The van der Waals surface area contributed by atoms with E-state index in [2.05, 4.69) is 10.6 Å². The zero-order valence-electron chi connectivity index (χ0n) is 11.0. The van der Waals surface area contributed by atoms with Crippen molar-refractivity contribution in [3.05, 3.63) is 28.8 Å². The Bertz CT molecular complexity index is 519. The summed E-state index contributed by atoms with van der Waals surface area (Å²) in [4.78, 5) is 22.1. The summed E-state index contributed by atoms with van der Waals surface area (Å²) >= 11 is 5.61. The van der Waals surface area contributed by atoms with E-state index in [0.29, 0.717) is 6.07 Å². The highest BCUT2D eigenvalue weighted by molar-refractivity contribution is 6.33. The Labute approximate surface area is 124 Å². The Balaban J connectivity index is 2.60. The van der Waals surface area contributed by atoms with Gasteiger partial charge < -0.3 is 20.5 Å². The number of hydrogen-bond acceptors (Lipinski definition) is 3. The lowest BCUT2D eigenvalue weighted by molar-refractivity contribution is -0.139. The molecule has 0 aliphatic carbocycles. The molecule has 9 heteroatoms. The number of carbonyl (C=O) groups excluding carboxylic acids is 1. The van der Waals surface area contributed by atoms with Gasteiger partial charge in [-0.2, -0.15) is 0 Å². The fraction of sp³-hybridized carbons (Fsp3) is 0.333. The quantitative estimate of drug-likeness (QED) is 0.749. The monoisotopic (exact) mass is 322 g/mol. The fourth-order valence-corrected chi connectivity index (χ4v) is 1.70. The van der Waals surface area contributed by atoms with Crippen molar-refractivity contribution in [1.82, 2.24) is 5.32 Å². The van der Waals surface area contributed by atoms with Gasteiger partial charge in [-0.05, 0) is 6.07 Å². The van der Waals surface area contributed by atoms with Gasteiger partial charge >= 0.3 is 12.0 Å². The van der Waals surface area contributed by atoms with E-state index in [0.717, 1.165) is 6.07 Å². The van der Waals surface area contributed by atoms with Gasteiger partial charge in [0.25, 0.3) is 0 Å². The van der Waals surface area contributed by atoms with Crippen LogP contribution in [0.25, 0.3) is 0 Å². The zero-order valence-corrected chi connectivity index (χ0v) is 11.7. The van der Waals surface area contributed by atoms with Crippen molar-refractivity contribution in [1.29, 1.82) is 0 Å². The summed E-state index contributed by atoms with van der Waals surface area (Å²) in [5.41, 5.74) is -0.372. The second kappa shape index (κ2) is 7.75. The number of rotatable bonds is 6. The van der Waals surface area contributed by atoms with Crippen LogP contribution in [-0.2, 0) is 9.53 Å². The van der Waals surface area contributed by atoms with Crippen LogP contribution < -0.4 is 10.6 Å². The number of ether oxygens (including phenoxy) is 1. The van der Waals surface area contributed by atoms with Gasteiger partial charge in [-0.1, -0.05) is 11.6 Å². The summed E-state index contributed by atoms with van der Waals surface area (Å²) in [7, 11) is 1.30. The van der Waals surface area contributed by atoms with Gasteiger partial charge in [-0.15, -0.1) is 0 Å². The second-order valence-corrected chi connectivity index (χ2v) is 4.44. The summed E-state index contributed by atoms with van der Waals surface area (Å²) < 4.78 is 31.1. The van der Waals surface area contributed by atoms with Gasteiger partial charge in [0, 0.05) is 19.7 Å². The standard InChI is InChI=1S/C12H13ClF2N2O4/c1-21-7(4-10(18)19)5-16-12(20)17-11-8(13)2-6(14)3-9(11)15/h2-3,7H,4-5H2,1H3,(H,18,19)(H2,16,17,20). The SMILES string of the molecule is COC(CNC(=O)Nc1c(F)cc(F)cc1Cl)CC(=O)O. The molecule has 1 aromatic carbocycles. The van der Waals surface area contributed by atoms with E-state index in [1.807, 2.05) is 0 Å². The lowest BCUT2D eigenvalue weighted by atomic mass is 10.2. The highest BCUT2D eigenvalue weighted by Gasteiger charge is 2.16. The molecule has 2 amide bonds. The van der Waals surface area contributed by atoms with Crippen molar-refractivity contribution >= 4 is 29.3 Å². The topological polar surface area (TPSA) is 87.7 Å². The van der Waals surface area contributed by atoms with Gasteiger partial charge in [0.05, 0.1) is 23.2 Å². The summed E-state index contributed by atoms with van der Waals surface area (Å²) in [6, 6.07) is 0.599. The Hall–Kier alpha value is -1.93. The van der Waals surface area contributed by atoms with Crippen molar-refractivity contribution in [3.8, 4) is 0 Å². The van der Waals surface area contributed by atoms with Crippen LogP contribution in [-0.4, -0.2) is 36.9 Å². The normalized spacial score (nSPS) is 11.8. The smallest absolute Gasteiger partial charge is 0.319 e. The minimum absolute atomic E-state index is 0.102. The van der Waals surface area contributed by atoms with E-state index in [4.69, 9.17) is 21.4 Å². The number of aliphatic carboxylic acids is 1. The number of carboxylic acid groups (broad SMARTS) is 1. The molecule has 0 radical (unpaired) electrons. The summed E-state index contributed by atoms with van der Waals surface area (Å²) in [6.45, 7) is -0.102. The maximum atomic E-state index is 13.4. The summed E-state index contributed by atoms with van der Waals surface area (Å²) in [5, 5.41) is 12.7. The van der Waals surface area contributed by atoms with Gasteiger partial charge in [-0.3, -0.25) is 4.79 Å². The van der Waals surface area contributed by atoms with Crippen LogP contribution in [0.4, 0.5) is 19.3 Å². The van der Waals surface area contributed by atoms with E-state index in [1.165, 1.54) is 7.11 Å². The van der Waals surface area contributed by atoms with Gasteiger partial charge in [0.15, 0.2) is 5.82 Å². The molecule has 116 valence electrons. The average molecular weight is 323 g/mol. The van der Waals surface area contributed by atoms with E-state index >= 15 is 0 Å². The number of hydrogen-bond donors (Lipinski definition) is 3. The first-order valence-corrected chi connectivity index (χ1v) is 6.15. The Morgan fingerprint density at radius 2 is 2.10 bits per heavy atom. The second-order valence-electron chi connectivity index (χ2n) is 4.04. The third-order valence-corrected chi connectivity index (χ3v) is 2.77. The minimum Gasteiger partial charge on any atom is -0.481 e. The van der Waals surface area contributed by atoms with Crippen molar-refractivity contribution in [2.24, 2.45) is 0 Å². The van der Waals surface area contributed by atoms with Crippen LogP contribution >= 0.6 is 11.6 Å². The van der Waals surface area contributed by atoms with Crippen LogP contribution in [0.1, 0.15) is 6.42 Å². The molecular formula is C12H13ClF2N2O4. The lowest BCUT2D eigenvalue weighted by Crippen LogP contribution is -2.37. The molecule has 0 bridgehead atoms. The molecule has 0 aromatic heterocycles. The Morgan fingerprint density at radius 3 is 2.62 bits per heavy atom. The predicted octanol–water partition coefficient (Wildman–Crippen LogP) is 2.23. The Kier molecular flexibility index (Phi) is 6.32. The highest BCUT2D eigenvalue weighted by atomic mass is 35.5. The highest BCUT2D eigenvalue weighted by Crippen LogP contribution is 2.26. The Morgan fingerprint density at radius 1 is 1.43 bits per heavy atom. The average Bonchev–Trinajstić information content (AvgIpc) is 2.38. The molecular weight excluding hydrogens is 310 g/mol. The molecule has 0 saturated carbocycles. The molecule has 1 atom stereocenters. The van der Waals surface area contributed by atoms with Crippen molar-refractivity contribution in [2.75, 3.05) is 19.0 Å². The zero-order chi connectivity index (χ0) is 16.0. The van der Waals surface area contributed by atoms with E-state index in [1.54, 1.807) is 0 Å². The number of carbonyl (C=O) groups is 2. The van der Waals surface area contributed by atoms with Crippen molar-refractivity contribution in [2.45, 2.75) is 12.5 Å². The molecule has 0 heterocycles. The summed E-state index contributed by atoms with van der Waals surface area (Å²) in [5.74, 6) is -2.98. The largest absolute Gasteiger partial charge is 0.481 e. The summed E-state index contributed by atoms with van der Waals surface area (Å²) in [6.07, 6.45) is -1.04. The fourth-order valence-electron chi connectivity index (χ4n) is 1.46. The molecule has 0 fully saturated rings. The molecule has 0 aliphatic heterocycles. The third kappa shape index (κ3) is 5.52. The predicted molar refractivity (Wildman–Crippen MR) is 71.4 cm³/mol. The van der Waals surface area contributed by atoms with E-state index in [-0.39, 0.29) is 23.7 Å². The molecule has 3 N–H and O–H groups in total. The number of nitrogens with one attached hydrogen (secondary N) is 2. The molecule has 1 unspecified atom stereocenters. The first-order chi connectivity index (χ1) is 9.83. The van der Waals surface area contributed by atoms with Crippen LogP contribution in [0.15, 0.2) is 12.1 Å². The maximum Gasteiger partial charge on any atom is 0.319 e. The number of carboxylic acids is 1. The molecule has 0 saturated heterocycles. The number of methoxy groups -OCH3 is 1. The van der Waals surface area contributed by atoms with Gasteiger partial charge in [-0.25, -0.2) is 13.6 Å². The van der Waals surface area contributed by atoms with E-state index < -0.39 is 29.7 Å². The molecule has 1 aromatic rings. The number of benzene rings is 1. The first-order valence-electron chi connectivity index (χ1n) is 5.77. The van der Waals surface area contributed by atoms with Gasteiger partial charge in [0.2, 0.25) is 0 Å². The van der Waals surface area contributed by atoms with E-state index in [9.17, 15) is 18.4 Å². The third-order valence-electron chi connectivity index (χ3n) is 2.47. The molecule has 1 rings (SSSR count). The molecule has 21 heavy (non-hydrogen) atoms. The molecule has 0 aliphatic rings. The van der Waals surface area contributed by atoms with Crippen LogP contribution in [0.5, 0.6) is 0 Å². The molecule has 6 nitrogen and oxygen atoms in total. The van der Waals surface area contributed by atoms with Crippen LogP contribution in [0, 0.1) is 11.6 Å². The molecule has 0 spiro atoms. The van der Waals surface area contributed by atoms with Gasteiger partial charge in [0.1, 0.15) is 5.82 Å². The first kappa shape index (κ1) is 17.1. The number of urea groups is 1. The number of halogens is 3. The van der Waals surface area contributed by atoms with Crippen molar-refractivity contribution in [3.63, 3.8) is 0 Å². The lowest BCUT2D eigenvalue weighted by Gasteiger charge is -2.15. The van der Waals surface area contributed by atoms with Crippen molar-refractivity contribution < 1.29 is 28.2 Å². The minimum atomic E-state index is -1.09.